The van der Waals surface area contributed by atoms with Crippen molar-refractivity contribution in [2.45, 2.75) is 32.1 Å². The van der Waals surface area contributed by atoms with E-state index in [2.05, 4.69) is 24.4 Å². The fraction of sp³-hybridized carbons (Fsp3) is 0.435. The zero-order valence-corrected chi connectivity index (χ0v) is 18.8. The minimum atomic E-state index is -3.50. The van der Waals surface area contributed by atoms with E-state index in [-0.39, 0.29) is 5.91 Å². The number of aryl methyl sites for hydroxylation is 3. The summed E-state index contributed by atoms with van der Waals surface area (Å²) in [5.41, 5.74) is 4.28. The zero-order chi connectivity index (χ0) is 21.7. The van der Waals surface area contributed by atoms with Gasteiger partial charge in [-0.2, -0.15) is 4.31 Å². The van der Waals surface area contributed by atoms with Crippen molar-refractivity contribution >= 4 is 15.9 Å². The predicted molar refractivity (Wildman–Crippen MR) is 119 cm³/mol. The highest BCUT2D eigenvalue weighted by atomic mass is 32.2. The van der Waals surface area contributed by atoms with Gasteiger partial charge >= 0.3 is 0 Å². The molecule has 2 aromatic carbocycles. The molecule has 3 rings (SSSR count). The lowest BCUT2D eigenvalue weighted by atomic mass is 10.1. The number of sulfonamides is 1. The van der Waals surface area contributed by atoms with Gasteiger partial charge in [0.1, 0.15) is 0 Å². The first-order valence-electron chi connectivity index (χ1n) is 10.4. The monoisotopic (exact) mass is 429 g/mol. The molecule has 1 fully saturated rings. The molecule has 0 aromatic heterocycles. The van der Waals surface area contributed by atoms with Crippen molar-refractivity contribution < 1.29 is 13.2 Å². The molecule has 7 heteroatoms. The molecule has 0 aliphatic carbocycles. The van der Waals surface area contributed by atoms with Crippen LogP contribution in [0.3, 0.4) is 0 Å². The highest BCUT2D eigenvalue weighted by Gasteiger charge is 2.30. The molecule has 2 aromatic rings. The van der Waals surface area contributed by atoms with E-state index in [1.54, 1.807) is 6.07 Å². The molecular formula is C23H31N3O3S. The summed E-state index contributed by atoms with van der Waals surface area (Å²) in [5.74, 6) is -0.0192. The number of nitrogens with one attached hydrogen (secondary N) is 1. The summed E-state index contributed by atoms with van der Waals surface area (Å²) < 4.78 is 27.5. The molecule has 0 spiro atoms. The van der Waals surface area contributed by atoms with Crippen molar-refractivity contribution in [2.24, 2.45) is 0 Å². The maximum absolute atomic E-state index is 13.0. The molecule has 1 saturated heterocycles. The van der Waals surface area contributed by atoms with E-state index in [1.165, 1.54) is 15.4 Å². The van der Waals surface area contributed by atoms with Gasteiger partial charge in [0.15, 0.2) is 0 Å². The van der Waals surface area contributed by atoms with Crippen LogP contribution in [0.25, 0.3) is 0 Å². The lowest BCUT2D eigenvalue weighted by molar-refractivity contribution is -0.122. The van der Waals surface area contributed by atoms with Crippen LogP contribution in [-0.2, 0) is 21.2 Å². The number of carbonyl (C=O) groups excluding carboxylic acids is 1. The predicted octanol–water partition coefficient (Wildman–Crippen LogP) is 2.28. The maximum atomic E-state index is 13.0. The second-order valence-corrected chi connectivity index (χ2v) is 9.88. The summed E-state index contributed by atoms with van der Waals surface area (Å²) in [7, 11) is -3.50. The van der Waals surface area contributed by atoms with E-state index < -0.39 is 10.0 Å². The van der Waals surface area contributed by atoms with Crippen LogP contribution in [0.4, 0.5) is 0 Å². The van der Waals surface area contributed by atoms with E-state index in [1.807, 2.05) is 43.0 Å². The van der Waals surface area contributed by atoms with E-state index in [0.717, 1.165) is 17.5 Å². The quantitative estimate of drug-likeness (QED) is 0.733. The smallest absolute Gasteiger partial charge is 0.243 e. The normalized spacial score (nSPS) is 15.8. The summed E-state index contributed by atoms with van der Waals surface area (Å²) >= 11 is 0. The van der Waals surface area contributed by atoms with Crippen molar-refractivity contribution in [1.29, 1.82) is 0 Å². The molecule has 0 unspecified atom stereocenters. The molecule has 30 heavy (non-hydrogen) atoms. The molecule has 0 saturated carbocycles. The Labute approximate surface area is 179 Å². The maximum Gasteiger partial charge on any atom is 0.243 e. The van der Waals surface area contributed by atoms with Gasteiger partial charge < -0.3 is 5.32 Å². The SMILES string of the molecule is Cc1ccc(S(=O)(=O)N2CCN(CC(=O)NCCc3ccccc3C)CC2)c(C)c1. The Morgan fingerprint density at radius 3 is 2.33 bits per heavy atom. The number of benzene rings is 2. The van der Waals surface area contributed by atoms with E-state index >= 15 is 0 Å². The van der Waals surface area contributed by atoms with Crippen LogP contribution < -0.4 is 5.32 Å². The van der Waals surface area contributed by atoms with Gasteiger partial charge in [-0.25, -0.2) is 8.42 Å². The minimum Gasteiger partial charge on any atom is -0.355 e. The second kappa shape index (κ2) is 9.73. The number of hydrogen-bond donors (Lipinski definition) is 1. The van der Waals surface area contributed by atoms with Crippen molar-refractivity contribution in [1.82, 2.24) is 14.5 Å². The van der Waals surface area contributed by atoms with Crippen molar-refractivity contribution in [3.63, 3.8) is 0 Å². The molecule has 0 radical (unpaired) electrons. The van der Waals surface area contributed by atoms with Crippen LogP contribution in [0.5, 0.6) is 0 Å². The van der Waals surface area contributed by atoms with Gasteiger partial charge in [-0.15, -0.1) is 0 Å². The number of rotatable bonds is 7. The Morgan fingerprint density at radius 2 is 1.67 bits per heavy atom. The Kier molecular flexibility index (Phi) is 7.28. The van der Waals surface area contributed by atoms with Crippen LogP contribution in [0.15, 0.2) is 47.4 Å². The number of amides is 1. The molecular weight excluding hydrogens is 398 g/mol. The third-order valence-electron chi connectivity index (χ3n) is 5.62. The average molecular weight is 430 g/mol. The molecule has 1 heterocycles. The Morgan fingerprint density at radius 1 is 0.967 bits per heavy atom. The summed E-state index contributed by atoms with van der Waals surface area (Å²) in [4.78, 5) is 14.7. The average Bonchev–Trinajstić information content (AvgIpc) is 2.69. The van der Waals surface area contributed by atoms with Gasteiger partial charge in [0.05, 0.1) is 11.4 Å². The van der Waals surface area contributed by atoms with Crippen LogP contribution in [0.2, 0.25) is 0 Å². The molecule has 0 atom stereocenters. The minimum absolute atomic E-state index is 0.0192. The van der Waals surface area contributed by atoms with Gasteiger partial charge in [-0.3, -0.25) is 9.69 Å². The summed E-state index contributed by atoms with van der Waals surface area (Å²) in [6.45, 7) is 8.65. The molecule has 0 bridgehead atoms. The number of carbonyl (C=O) groups is 1. The van der Waals surface area contributed by atoms with Crippen molar-refractivity contribution in [3.8, 4) is 0 Å². The second-order valence-electron chi connectivity index (χ2n) is 7.98. The topological polar surface area (TPSA) is 69.7 Å². The van der Waals surface area contributed by atoms with Crippen molar-refractivity contribution in [3.05, 3.63) is 64.7 Å². The Bertz CT molecular complexity index is 997. The third kappa shape index (κ3) is 5.47. The van der Waals surface area contributed by atoms with Crippen molar-refractivity contribution in [2.75, 3.05) is 39.3 Å². The van der Waals surface area contributed by atoms with Gasteiger partial charge in [-0.05, 0) is 49.9 Å². The molecule has 1 N–H and O–H groups in total. The molecule has 162 valence electrons. The van der Waals surface area contributed by atoms with Crippen LogP contribution in [0.1, 0.15) is 22.3 Å². The number of piperazine rings is 1. The van der Waals surface area contributed by atoms with Crippen LogP contribution in [0, 0.1) is 20.8 Å². The van der Waals surface area contributed by atoms with Gasteiger partial charge in [-0.1, -0.05) is 42.0 Å². The van der Waals surface area contributed by atoms with Gasteiger partial charge in [0.25, 0.3) is 0 Å². The molecule has 1 amide bonds. The molecule has 6 nitrogen and oxygen atoms in total. The van der Waals surface area contributed by atoms with Gasteiger partial charge in [0.2, 0.25) is 15.9 Å². The summed E-state index contributed by atoms with van der Waals surface area (Å²) in [6.07, 6.45) is 0.806. The fourth-order valence-corrected chi connectivity index (χ4v) is 5.47. The first-order valence-corrected chi connectivity index (χ1v) is 11.8. The Hall–Kier alpha value is -2.22. The number of nitrogens with zero attached hydrogens (tertiary/aromatic N) is 2. The van der Waals surface area contributed by atoms with E-state index in [4.69, 9.17) is 0 Å². The summed E-state index contributed by atoms with van der Waals surface area (Å²) in [6, 6.07) is 13.6. The third-order valence-corrected chi connectivity index (χ3v) is 7.68. The standard InChI is InChI=1S/C23H31N3O3S/c1-18-8-9-22(20(3)16-18)30(28,29)26-14-12-25(13-15-26)17-23(27)24-11-10-21-7-5-4-6-19(21)2/h4-9,16H,10-15,17H2,1-3H3,(H,24,27). The van der Waals surface area contributed by atoms with E-state index in [0.29, 0.717) is 44.2 Å². The van der Waals surface area contributed by atoms with Gasteiger partial charge in [0, 0.05) is 32.7 Å². The Balaban J connectivity index is 1.47. The largest absolute Gasteiger partial charge is 0.355 e. The highest BCUT2D eigenvalue weighted by molar-refractivity contribution is 7.89. The zero-order valence-electron chi connectivity index (χ0n) is 18.0. The van der Waals surface area contributed by atoms with E-state index in [9.17, 15) is 13.2 Å². The molecule has 1 aliphatic heterocycles. The lowest BCUT2D eigenvalue weighted by Gasteiger charge is -2.33. The number of hydrogen-bond acceptors (Lipinski definition) is 4. The highest BCUT2D eigenvalue weighted by Crippen LogP contribution is 2.22. The van der Waals surface area contributed by atoms with Crippen LogP contribution >= 0.6 is 0 Å². The fourth-order valence-electron chi connectivity index (χ4n) is 3.84. The first kappa shape index (κ1) is 22.5. The lowest BCUT2D eigenvalue weighted by Crippen LogP contribution is -2.51. The summed E-state index contributed by atoms with van der Waals surface area (Å²) in [5, 5.41) is 2.97. The molecule has 1 aliphatic rings. The first-order chi connectivity index (χ1) is 14.3. The van der Waals surface area contributed by atoms with Crippen LogP contribution in [-0.4, -0.2) is 62.8 Å².